The molecular weight excluding hydrogens is 399 g/mol. The summed E-state index contributed by atoms with van der Waals surface area (Å²) in [5.74, 6) is -0.223. The van der Waals surface area contributed by atoms with Crippen LogP contribution in [0.25, 0.3) is 0 Å². The largest absolute Gasteiger partial charge is 0.322 e. The van der Waals surface area contributed by atoms with E-state index in [4.69, 9.17) is 0 Å². The van der Waals surface area contributed by atoms with E-state index < -0.39 is 0 Å². The highest BCUT2D eigenvalue weighted by atomic mass is 32.2. The summed E-state index contributed by atoms with van der Waals surface area (Å²) in [6.07, 6.45) is 0. The maximum atomic E-state index is 13.1. The van der Waals surface area contributed by atoms with E-state index in [1.54, 1.807) is 17.8 Å². The first-order valence-electron chi connectivity index (χ1n) is 9.60. The highest BCUT2D eigenvalue weighted by Gasteiger charge is 2.34. The van der Waals surface area contributed by atoms with Gasteiger partial charge in [-0.3, -0.25) is 14.5 Å². The Morgan fingerprint density at radius 3 is 2.57 bits per heavy atom. The van der Waals surface area contributed by atoms with Crippen LogP contribution in [-0.2, 0) is 4.79 Å². The van der Waals surface area contributed by atoms with Crippen molar-refractivity contribution < 1.29 is 14.0 Å². The van der Waals surface area contributed by atoms with Crippen LogP contribution in [0.5, 0.6) is 0 Å². The molecule has 3 aromatic carbocycles. The van der Waals surface area contributed by atoms with Crippen LogP contribution < -0.4 is 10.2 Å². The molecule has 0 spiro atoms. The Hall–Kier alpha value is -3.12. The lowest BCUT2D eigenvalue weighted by molar-refractivity contribution is -0.115. The molecule has 6 heteroatoms. The number of rotatable bonds is 4. The number of halogens is 1. The van der Waals surface area contributed by atoms with Gasteiger partial charge in [-0.25, -0.2) is 4.39 Å². The minimum atomic E-state index is -0.386. The Morgan fingerprint density at radius 2 is 1.83 bits per heavy atom. The van der Waals surface area contributed by atoms with Crippen LogP contribution >= 0.6 is 11.8 Å². The van der Waals surface area contributed by atoms with Gasteiger partial charge in [0, 0.05) is 16.9 Å². The molecule has 152 valence electrons. The van der Waals surface area contributed by atoms with E-state index >= 15 is 0 Å². The van der Waals surface area contributed by atoms with Crippen molar-refractivity contribution in [2.75, 3.05) is 16.0 Å². The van der Waals surface area contributed by atoms with Gasteiger partial charge in [0.1, 0.15) is 11.2 Å². The van der Waals surface area contributed by atoms with Crippen molar-refractivity contribution in [3.63, 3.8) is 0 Å². The first-order valence-corrected chi connectivity index (χ1v) is 10.6. The van der Waals surface area contributed by atoms with Gasteiger partial charge < -0.3 is 5.32 Å². The summed E-state index contributed by atoms with van der Waals surface area (Å²) in [7, 11) is 0. The molecule has 3 aromatic rings. The number of amides is 2. The number of aryl methyl sites for hydroxylation is 2. The van der Waals surface area contributed by atoms with Gasteiger partial charge in [0.05, 0.1) is 5.75 Å². The molecular formula is C24H21FN2O2S. The summed E-state index contributed by atoms with van der Waals surface area (Å²) < 4.78 is 13.1. The lowest BCUT2D eigenvalue weighted by Gasteiger charge is -2.26. The third-order valence-electron chi connectivity index (χ3n) is 5.02. The monoisotopic (exact) mass is 420 g/mol. The molecule has 0 saturated carbocycles. The molecule has 0 bridgehead atoms. The second kappa shape index (κ2) is 8.32. The van der Waals surface area contributed by atoms with Crippen LogP contribution in [0.1, 0.15) is 32.4 Å². The SMILES string of the molecule is Cc1ccc(N2C(=O)CS[C@H]2c2cccc(NC(=O)c3ccc(F)cc3)c2)c(C)c1. The van der Waals surface area contributed by atoms with Crippen molar-refractivity contribution in [3.8, 4) is 0 Å². The lowest BCUT2D eigenvalue weighted by atomic mass is 10.1. The van der Waals surface area contributed by atoms with Crippen molar-refractivity contribution in [2.24, 2.45) is 0 Å². The zero-order valence-electron chi connectivity index (χ0n) is 16.7. The summed E-state index contributed by atoms with van der Waals surface area (Å²) in [5, 5.41) is 2.69. The van der Waals surface area contributed by atoms with Gasteiger partial charge in [0.2, 0.25) is 5.91 Å². The fraction of sp³-hybridized carbons (Fsp3) is 0.167. The molecule has 0 unspecified atom stereocenters. The summed E-state index contributed by atoms with van der Waals surface area (Å²) >= 11 is 1.57. The van der Waals surface area contributed by atoms with Crippen LogP contribution in [0, 0.1) is 19.7 Å². The van der Waals surface area contributed by atoms with Crippen LogP contribution in [0.4, 0.5) is 15.8 Å². The van der Waals surface area contributed by atoms with Gasteiger partial charge in [-0.15, -0.1) is 11.8 Å². The highest BCUT2D eigenvalue weighted by molar-refractivity contribution is 8.00. The van der Waals surface area contributed by atoms with Crippen LogP contribution in [0.2, 0.25) is 0 Å². The number of hydrogen-bond acceptors (Lipinski definition) is 3. The number of benzene rings is 3. The Kier molecular flexibility index (Phi) is 5.59. The second-order valence-corrected chi connectivity index (χ2v) is 8.37. The molecule has 0 aliphatic carbocycles. The van der Waals surface area contributed by atoms with Gasteiger partial charge in [-0.05, 0) is 67.4 Å². The number of carbonyl (C=O) groups excluding carboxylic acids is 2. The smallest absolute Gasteiger partial charge is 0.255 e. The Balaban J connectivity index is 1.60. The third kappa shape index (κ3) is 4.09. The first-order chi connectivity index (χ1) is 14.4. The minimum Gasteiger partial charge on any atom is -0.322 e. The normalized spacial score (nSPS) is 16.0. The Morgan fingerprint density at radius 1 is 1.07 bits per heavy atom. The molecule has 1 saturated heterocycles. The van der Waals surface area contributed by atoms with Crippen molar-refractivity contribution >= 4 is 35.0 Å². The molecule has 4 nitrogen and oxygen atoms in total. The summed E-state index contributed by atoms with van der Waals surface area (Å²) in [4.78, 5) is 27.0. The van der Waals surface area contributed by atoms with E-state index in [0.717, 1.165) is 22.4 Å². The van der Waals surface area contributed by atoms with Crippen molar-refractivity contribution in [1.82, 2.24) is 0 Å². The Bertz CT molecular complexity index is 1110. The van der Waals surface area contributed by atoms with E-state index in [2.05, 4.69) is 11.4 Å². The standard InChI is InChI=1S/C24H21FN2O2S/c1-15-6-11-21(16(2)12-15)27-22(28)14-30-24(27)18-4-3-5-20(13-18)26-23(29)17-7-9-19(25)10-8-17/h3-13,24H,14H2,1-2H3,(H,26,29)/t24-/m0/s1. The molecule has 0 aromatic heterocycles. The predicted octanol–water partition coefficient (Wildman–Crippen LogP) is 5.47. The van der Waals surface area contributed by atoms with Crippen LogP contribution in [0.3, 0.4) is 0 Å². The third-order valence-corrected chi connectivity index (χ3v) is 6.23. The number of carbonyl (C=O) groups is 2. The molecule has 2 amide bonds. The second-order valence-electron chi connectivity index (χ2n) is 7.30. The number of nitrogens with one attached hydrogen (secondary N) is 1. The zero-order valence-corrected chi connectivity index (χ0v) is 17.5. The molecule has 30 heavy (non-hydrogen) atoms. The highest BCUT2D eigenvalue weighted by Crippen LogP contribution is 2.43. The van der Waals surface area contributed by atoms with Gasteiger partial charge >= 0.3 is 0 Å². The number of anilines is 2. The molecule has 4 rings (SSSR count). The number of thioether (sulfide) groups is 1. The van der Waals surface area contributed by atoms with Crippen LogP contribution in [0.15, 0.2) is 66.7 Å². The summed E-state index contributed by atoms with van der Waals surface area (Å²) in [6.45, 7) is 4.04. The maximum Gasteiger partial charge on any atom is 0.255 e. The summed E-state index contributed by atoms with van der Waals surface area (Å²) in [5.41, 5.74) is 5.05. The number of nitrogens with zero attached hydrogens (tertiary/aromatic N) is 1. The quantitative estimate of drug-likeness (QED) is 0.609. The zero-order chi connectivity index (χ0) is 21.3. The van der Waals surface area contributed by atoms with E-state index in [1.165, 1.54) is 24.3 Å². The van der Waals surface area contributed by atoms with Crippen molar-refractivity contribution in [1.29, 1.82) is 0 Å². The fourth-order valence-corrected chi connectivity index (χ4v) is 4.74. The minimum absolute atomic E-state index is 0.0673. The average molecular weight is 421 g/mol. The van der Waals surface area contributed by atoms with E-state index in [-0.39, 0.29) is 23.0 Å². The maximum absolute atomic E-state index is 13.1. The fourth-order valence-electron chi connectivity index (χ4n) is 3.58. The molecule has 0 radical (unpaired) electrons. The predicted molar refractivity (Wildman–Crippen MR) is 119 cm³/mol. The first kappa shape index (κ1) is 20.2. The molecule has 1 aliphatic heterocycles. The molecule has 1 atom stereocenters. The lowest BCUT2D eigenvalue weighted by Crippen LogP contribution is -2.28. The van der Waals surface area contributed by atoms with Crippen molar-refractivity contribution in [3.05, 3.63) is 94.8 Å². The van der Waals surface area contributed by atoms with Crippen LogP contribution in [-0.4, -0.2) is 17.6 Å². The molecule has 1 N–H and O–H groups in total. The van der Waals surface area contributed by atoms with Gasteiger partial charge in [0.15, 0.2) is 0 Å². The van der Waals surface area contributed by atoms with Gasteiger partial charge in [-0.2, -0.15) is 0 Å². The Labute approximate surface area is 179 Å². The van der Waals surface area contributed by atoms with Crippen molar-refractivity contribution in [2.45, 2.75) is 19.2 Å². The topological polar surface area (TPSA) is 49.4 Å². The number of hydrogen-bond donors (Lipinski definition) is 1. The average Bonchev–Trinajstić information content (AvgIpc) is 3.10. The van der Waals surface area contributed by atoms with Gasteiger partial charge in [-0.1, -0.05) is 29.8 Å². The summed E-state index contributed by atoms with van der Waals surface area (Å²) in [6, 6.07) is 19.0. The molecule has 1 aliphatic rings. The van der Waals surface area contributed by atoms with Gasteiger partial charge in [0.25, 0.3) is 5.91 Å². The van der Waals surface area contributed by atoms with E-state index in [9.17, 15) is 14.0 Å². The molecule has 1 heterocycles. The molecule has 1 fully saturated rings. The van der Waals surface area contributed by atoms with E-state index in [0.29, 0.717) is 17.0 Å². The van der Waals surface area contributed by atoms with E-state index in [1.807, 2.05) is 49.1 Å².